The topological polar surface area (TPSA) is 62.7 Å². The Morgan fingerprint density at radius 1 is 1.56 bits per heavy atom. The number of hydrogen-bond donors (Lipinski definition) is 1. The molecule has 0 radical (unpaired) electrons. The number of pyridine rings is 1. The van der Waals surface area contributed by atoms with E-state index in [9.17, 15) is 4.79 Å². The highest BCUT2D eigenvalue weighted by atomic mass is 16.5. The van der Waals surface area contributed by atoms with Crippen LogP contribution in [0.25, 0.3) is 6.08 Å². The minimum Gasteiger partial charge on any atom is -0.478 e. The second kappa shape index (κ2) is 7.45. The number of likely N-dealkylation sites (N-methyl/N-ethyl adjacent to an activating group) is 1. The predicted octanol–water partition coefficient (Wildman–Crippen LogP) is 1.65. The van der Waals surface area contributed by atoms with Gasteiger partial charge in [-0.05, 0) is 30.7 Å². The molecule has 18 heavy (non-hydrogen) atoms. The van der Waals surface area contributed by atoms with Crippen molar-refractivity contribution in [3.8, 4) is 0 Å². The van der Waals surface area contributed by atoms with E-state index in [1.165, 1.54) is 6.08 Å². The third kappa shape index (κ3) is 4.55. The maximum atomic E-state index is 10.4. The van der Waals surface area contributed by atoms with Gasteiger partial charge in [0.05, 0.1) is 6.61 Å². The molecular formula is C13H18N2O3. The Hall–Kier alpha value is -1.88. The highest BCUT2D eigenvalue weighted by molar-refractivity contribution is 5.85. The van der Waals surface area contributed by atoms with Crippen LogP contribution in [0.1, 0.15) is 12.5 Å². The smallest absolute Gasteiger partial charge is 0.328 e. The number of hydrogen-bond acceptors (Lipinski definition) is 4. The molecule has 0 aliphatic carbocycles. The van der Waals surface area contributed by atoms with Crippen molar-refractivity contribution >= 4 is 17.9 Å². The molecule has 0 aromatic carbocycles. The van der Waals surface area contributed by atoms with Gasteiger partial charge in [-0.3, -0.25) is 0 Å². The van der Waals surface area contributed by atoms with Crippen LogP contribution < -0.4 is 4.90 Å². The first-order chi connectivity index (χ1) is 8.67. The molecule has 0 aliphatic heterocycles. The number of rotatable bonds is 7. The summed E-state index contributed by atoms with van der Waals surface area (Å²) in [5, 5.41) is 8.52. The fraction of sp³-hybridized carbons (Fsp3) is 0.385. The van der Waals surface area contributed by atoms with Gasteiger partial charge in [0.15, 0.2) is 0 Å². The molecule has 5 nitrogen and oxygen atoms in total. The van der Waals surface area contributed by atoms with Crippen molar-refractivity contribution in [1.29, 1.82) is 0 Å². The van der Waals surface area contributed by atoms with E-state index in [0.717, 1.165) is 30.5 Å². The number of aliphatic carboxylic acids is 1. The minimum atomic E-state index is -0.964. The molecule has 1 aromatic heterocycles. The molecule has 0 saturated carbocycles. The lowest BCUT2D eigenvalue weighted by atomic mass is 10.2. The van der Waals surface area contributed by atoms with E-state index < -0.39 is 5.97 Å². The molecule has 1 N–H and O–H groups in total. The van der Waals surface area contributed by atoms with Crippen molar-refractivity contribution in [2.75, 3.05) is 31.7 Å². The van der Waals surface area contributed by atoms with Gasteiger partial charge in [0.1, 0.15) is 5.82 Å². The van der Waals surface area contributed by atoms with Crippen molar-refractivity contribution in [2.45, 2.75) is 6.92 Å². The summed E-state index contributed by atoms with van der Waals surface area (Å²) >= 11 is 0. The lowest BCUT2D eigenvalue weighted by molar-refractivity contribution is -0.131. The third-order valence-electron chi connectivity index (χ3n) is 2.46. The van der Waals surface area contributed by atoms with E-state index in [2.05, 4.69) is 16.8 Å². The maximum Gasteiger partial charge on any atom is 0.328 e. The zero-order valence-electron chi connectivity index (χ0n) is 10.7. The van der Waals surface area contributed by atoms with Gasteiger partial charge in [0, 0.05) is 32.5 Å². The molecule has 1 rings (SSSR count). The zero-order valence-corrected chi connectivity index (χ0v) is 10.7. The fourth-order valence-electron chi connectivity index (χ4n) is 1.49. The van der Waals surface area contributed by atoms with Gasteiger partial charge in [-0.25, -0.2) is 9.78 Å². The number of carboxylic acid groups (broad SMARTS) is 1. The number of nitrogens with zero attached hydrogens (tertiary/aromatic N) is 2. The molecule has 5 heteroatoms. The van der Waals surface area contributed by atoms with Crippen molar-refractivity contribution < 1.29 is 14.6 Å². The van der Waals surface area contributed by atoms with Crippen LogP contribution in [0.4, 0.5) is 5.82 Å². The number of ether oxygens (including phenoxy) is 1. The molecule has 0 unspecified atom stereocenters. The Balaban J connectivity index is 2.71. The van der Waals surface area contributed by atoms with E-state index in [0.29, 0.717) is 6.61 Å². The Bertz CT molecular complexity index is 401. The van der Waals surface area contributed by atoms with Crippen molar-refractivity contribution in [1.82, 2.24) is 4.98 Å². The number of carboxylic acids is 1. The number of anilines is 1. The average molecular weight is 250 g/mol. The second-order valence-corrected chi connectivity index (χ2v) is 3.69. The molecule has 0 atom stereocenters. The molecule has 0 spiro atoms. The van der Waals surface area contributed by atoms with E-state index >= 15 is 0 Å². The number of methoxy groups -OCH3 is 1. The van der Waals surface area contributed by atoms with Crippen LogP contribution in [0.2, 0.25) is 0 Å². The molecular weight excluding hydrogens is 232 g/mol. The predicted molar refractivity (Wildman–Crippen MR) is 70.7 cm³/mol. The Morgan fingerprint density at radius 3 is 2.83 bits per heavy atom. The fourth-order valence-corrected chi connectivity index (χ4v) is 1.49. The van der Waals surface area contributed by atoms with E-state index in [1.807, 2.05) is 12.1 Å². The minimum absolute atomic E-state index is 0.649. The van der Waals surface area contributed by atoms with Gasteiger partial charge < -0.3 is 14.7 Å². The summed E-state index contributed by atoms with van der Waals surface area (Å²) in [5.74, 6) is -0.101. The Labute approximate surface area is 107 Å². The highest BCUT2D eigenvalue weighted by Crippen LogP contribution is 2.11. The van der Waals surface area contributed by atoms with Crippen LogP contribution in [0.3, 0.4) is 0 Å². The first-order valence-electron chi connectivity index (χ1n) is 5.78. The molecule has 0 aliphatic rings. The molecule has 1 heterocycles. The van der Waals surface area contributed by atoms with Gasteiger partial charge in [-0.1, -0.05) is 0 Å². The second-order valence-electron chi connectivity index (χ2n) is 3.69. The summed E-state index contributed by atoms with van der Waals surface area (Å²) in [6.07, 6.45) is 4.27. The Kier molecular flexibility index (Phi) is 5.87. The standard InChI is InChI=1S/C13H18N2O3/c1-3-15(8-9-18-2)12-6-4-11(10-14-12)5-7-13(16)17/h4-7,10H,3,8-9H2,1-2H3,(H,16,17)/b7-5+. The van der Waals surface area contributed by atoms with E-state index in [4.69, 9.17) is 9.84 Å². The molecule has 0 saturated heterocycles. The third-order valence-corrected chi connectivity index (χ3v) is 2.46. The molecule has 0 amide bonds. The van der Waals surface area contributed by atoms with Crippen molar-refractivity contribution in [3.05, 3.63) is 30.0 Å². The summed E-state index contributed by atoms with van der Waals surface area (Å²) < 4.78 is 5.04. The van der Waals surface area contributed by atoms with Gasteiger partial charge >= 0.3 is 5.97 Å². The largest absolute Gasteiger partial charge is 0.478 e. The monoisotopic (exact) mass is 250 g/mol. The molecule has 1 aromatic rings. The van der Waals surface area contributed by atoms with Crippen LogP contribution in [0.5, 0.6) is 0 Å². The van der Waals surface area contributed by atoms with E-state index in [-0.39, 0.29) is 0 Å². The Morgan fingerprint density at radius 2 is 2.33 bits per heavy atom. The lowest BCUT2D eigenvalue weighted by Crippen LogP contribution is -2.27. The van der Waals surface area contributed by atoms with Gasteiger partial charge in [0.2, 0.25) is 0 Å². The summed E-state index contributed by atoms with van der Waals surface area (Å²) in [6, 6.07) is 3.72. The van der Waals surface area contributed by atoms with Crippen molar-refractivity contribution in [3.63, 3.8) is 0 Å². The average Bonchev–Trinajstić information content (AvgIpc) is 2.38. The SMILES string of the molecule is CCN(CCOC)c1ccc(/C=C/C(=O)O)cn1. The molecule has 0 fully saturated rings. The zero-order chi connectivity index (χ0) is 13.4. The number of carbonyl (C=O) groups is 1. The van der Waals surface area contributed by atoms with Gasteiger partial charge in [-0.2, -0.15) is 0 Å². The van der Waals surface area contributed by atoms with Gasteiger partial charge in [0.25, 0.3) is 0 Å². The molecule has 0 bridgehead atoms. The van der Waals surface area contributed by atoms with Crippen LogP contribution >= 0.6 is 0 Å². The normalized spacial score (nSPS) is 10.8. The van der Waals surface area contributed by atoms with E-state index in [1.54, 1.807) is 13.3 Å². The molecule has 98 valence electrons. The quantitative estimate of drug-likeness (QED) is 0.745. The van der Waals surface area contributed by atoms with Crippen LogP contribution in [-0.2, 0) is 9.53 Å². The summed E-state index contributed by atoms with van der Waals surface area (Å²) in [7, 11) is 1.67. The van der Waals surface area contributed by atoms with Crippen molar-refractivity contribution in [2.24, 2.45) is 0 Å². The van der Waals surface area contributed by atoms with Crippen LogP contribution in [-0.4, -0.2) is 42.9 Å². The van der Waals surface area contributed by atoms with Gasteiger partial charge in [-0.15, -0.1) is 0 Å². The van der Waals surface area contributed by atoms with Crippen LogP contribution in [0.15, 0.2) is 24.4 Å². The summed E-state index contributed by atoms with van der Waals surface area (Å²) in [6.45, 7) is 4.33. The lowest BCUT2D eigenvalue weighted by Gasteiger charge is -2.21. The first-order valence-corrected chi connectivity index (χ1v) is 5.78. The summed E-state index contributed by atoms with van der Waals surface area (Å²) in [5.41, 5.74) is 0.768. The number of aromatic nitrogens is 1. The summed E-state index contributed by atoms with van der Waals surface area (Å²) in [4.78, 5) is 16.8. The maximum absolute atomic E-state index is 10.4. The first kappa shape index (κ1) is 14.2. The van der Waals surface area contributed by atoms with Crippen LogP contribution in [0, 0.1) is 0 Å². The highest BCUT2D eigenvalue weighted by Gasteiger charge is 2.04.